The van der Waals surface area contributed by atoms with Crippen LogP contribution in [0.3, 0.4) is 0 Å². The molecule has 0 saturated heterocycles. The molecule has 0 saturated carbocycles. The van der Waals surface area contributed by atoms with Crippen LogP contribution in [0.25, 0.3) is 0 Å². The molecule has 0 aromatic heterocycles. The number of benzene rings is 1. The lowest BCUT2D eigenvalue weighted by atomic mass is 9.89. The Bertz CT molecular complexity index is 412. The molecule has 0 aliphatic carbocycles. The summed E-state index contributed by atoms with van der Waals surface area (Å²) in [5.41, 5.74) is -2.37. The lowest BCUT2D eigenvalue weighted by Crippen LogP contribution is -2.13. The maximum absolute atomic E-state index is 12.7. The van der Waals surface area contributed by atoms with Gasteiger partial charge < -0.3 is 0 Å². The van der Waals surface area contributed by atoms with Crippen molar-refractivity contribution in [1.29, 1.82) is 0 Å². The van der Waals surface area contributed by atoms with Crippen LogP contribution >= 0.6 is 0 Å². The van der Waals surface area contributed by atoms with Gasteiger partial charge in [0.15, 0.2) is 0 Å². The number of hydrogen-bond donors (Lipinski definition) is 0. The number of halogens is 6. The number of rotatable bonds is 4. The van der Waals surface area contributed by atoms with Gasteiger partial charge in [0.1, 0.15) is 0 Å². The highest BCUT2D eigenvalue weighted by atomic mass is 19.4. The van der Waals surface area contributed by atoms with Crippen molar-refractivity contribution < 1.29 is 26.3 Å². The lowest BCUT2D eigenvalue weighted by molar-refractivity contribution is -0.143. The summed E-state index contributed by atoms with van der Waals surface area (Å²) in [7, 11) is 0. The van der Waals surface area contributed by atoms with E-state index in [0.29, 0.717) is 19.3 Å². The number of alkyl halides is 6. The summed E-state index contributed by atoms with van der Waals surface area (Å²) in [6.07, 6.45) is -7.78. The highest BCUT2D eigenvalue weighted by Gasteiger charge is 2.37. The Morgan fingerprint density at radius 2 is 1.30 bits per heavy atom. The molecule has 0 radical (unpaired) electrons. The summed E-state index contributed by atoms with van der Waals surface area (Å²) in [5.74, 6) is -0.289. The smallest absolute Gasteiger partial charge is 0.166 e. The van der Waals surface area contributed by atoms with Crippen LogP contribution < -0.4 is 0 Å². The van der Waals surface area contributed by atoms with Crippen LogP contribution in [0.1, 0.15) is 55.7 Å². The van der Waals surface area contributed by atoms with Crippen LogP contribution in [0, 0.1) is 0 Å². The van der Waals surface area contributed by atoms with Gasteiger partial charge in [0.25, 0.3) is 0 Å². The second kappa shape index (κ2) is 6.06. The van der Waals surface area contributed by atoms with Crippen molar-refractivity contribution in [2.45, 2.75) is 51.4 Å². The van der Waals surface area contributed by atoms with Crippen LogP contribution in [0.15, 0.2) is 18.2 Å². The SMILES string of the molecule is CCC[C@@H](CC)c1cc(C(F)(F)F)cc(C(F)(F)F)c1. The van der Waals surface area contributed by atoms with Crippen LogP contribution in [-0.2, 0) is 12.4 Å². The van der Waals surface area contributed by atoms with Crippen molar-refractivity contribution in [3.63, 3.8) is 0 Å². The maximum atomic E-state index is 12.7. The minimum atomic E-state index is -4.78. The average molecular weight is 298 g/mol. The molecule has 20 heavy (non-hydrogen) atoms. The first kappa shape index (κ1) is 16.9. The standard InChI is InChI=1S/C14H16F6/c1-3-5-9(4-2)10-6-11(13(15,16)17)8-12(7-10)14(18,19)20/h6-9H,3-5H2,1-2H3/t9-/m1/s1. The molecular weight excluding hydrogens is 282 g/mol. The fourth-order valence-electron chi connectivity index (χ4n) is 2.17. The van der Waals surface area contributed by atoms with Gasteiger partial charge >= 0.3 is 12.4 Å². The Balaban J connectivity index is 3.37. The van der Waals surface area contributed by atoms with Crippen molar-refractivity contribution in [3.8, 4) is 0 Å². The first-order valence-corrected chi connectivity index (χ1v) is 6.39. The lowest BCUT2D eigenvalue weighted by Gasteiger charge is -2.19. The van der Waals surface area contributed by atoms with Gasteiger partial charge in [-0.1, -0.05) is 20.3 Å². The minimum Gasteiger partial charge on any atom is -0.166 e. The topological polar surface area (TPSA) is 0 Å². The van der Waals surface area contributed by atoms with E-state index < -0.39 is 23.5 Å². The average Bonchev–Trinajstić information content (AvgIpc) is 2.33. The van der Waals surface area contributed by atoms with E-state index in [-0.39, 0.29) is 17.5 Å². The monoisotopic (exact) mass is 298 g/mol. The molecule has 0 spiro atoms. The second-order valence-corrected chi connectivity index (χ2v) is 4.73. The Morgan fingerprint density at radius 3 is 1.60 bits per heavy atom. The Kier molecular flexibility index (Phi) is 5.10. The third kappa shape index (κ3) is 4.15. The minimum absolute atomic E-state index is 0.108. The summed E-state index contributed by atoms with van der Waals surface area (Å²) in [5, 5.41) is 0. The zero-order chi connectivity index (χ0) is 15.6. The molecule has 1 aromatic carbocycles. The summed E-state index contributed by atoms with van der Waals surface area (Å²) < 4.78 is 76.3. The molecule has 0 N–H and O–H groups in total. The van der Waals surface area contributed by atoms with E-state index in [1.165, 1.54) is 0 Å². The molecule has 0 bridgehead atoms. The summed E-state index contributed by atoms with van der Waals surface area (Å²) in [6.45, 7) is 3.61. The normalized spacial score (nSPS) is 14.4. The number of hydrogen-bond acceptors (Lipinski definition) is 0. The van der Waals surface area contributed by atoms with Crippen LogP contribution in [0.5, 0.6) is 0 Å². The van der Waals surface area contributed by atoms with Gasteiger partial charge in [-0.15, -0.1) is 0 Å². The third-order valence-corrected chi connectivity index (χ3v) is 3.21. The molecule has 0 nitrogen and oxygen atoms in total. The van der Waals surface area contributed by atoms with E-state index in [4.69, 9.17) is 0 Å². The highest BCUT2D eigenvalue weighted by molar-refractivity contribution is 5.35. The van der Waals surface area contributed by atoms with Gasteiger partial charge in [0, 0.05) is 0 Å². The molecule has 0 unspecified atom stereocenters. The molecule has 114 valence electrons. The summed E-state index contributed by atoms with van der Waals surface area (Å²) in [4.78, 5) is 0. The van der Waals surface area contributed by atoms with Crippen molar-refractivity contribution in [1.82, 2.24) is 0 Å². The quantitative estimate of drug-likeness (QED) is 0.596. The Morgan fingerprint density at radius 1 is 0.850 bits per heavy atom. The van der Waals surface area contributed by atoms with Gasteiger partial charge in [-0.25, -0.2) is 0 Å². The predicted octanol–water partition coefficient (Wildman–Crippen LogP) is 6.02. The molecule has 0 amide bonds. The first-order chi connectivity index (χ1) is 9.09. The molecule has 0 heterocycles. The van der Waals surface area contributed by atoms with E-state index in [0.717, 1.165) is 12.1 Å². The molecule has 1 aromatic rings. The van der Waals surface area contributed by atoms with Crippen molar-refractivity contribution in [2.75, 3.05) is 0 Å². The van der Waals surface area contributed by atoms with Crippen molar-refractivity contribution in [3.05, 3.63) is 34.9 Å². The van der Waals surface area contributed by atoms with E-state index in [1.54, 1.807) is 6.92 Å². The molecule has 0 aliphatic rings. The maximum Gasteiger partial charge on any atom is 0.416 e. The molecular formula is C14H16F6. The van der Waals surface area contributed by atoms with E-state index in [9.17, 15) is 26.3 Å². The molecule has 1 atom stereocenters. The van der Waals surface area contributed by atoms with Gasteiger partial charge in [-0.3, -0.25) is 0 Å². The molecule has 1 rings (SSSR count). The van der Waals surface area contributed by atoms with E-state index in [1.807, 2.05) is 6.92 Å². The zero-order valence-electron chi connectivity index (χ0n) is 11.2. The second-order valence-electron chi connectivity index (χ2n) is 4.73. The molecule has 0 fully saturated rings. The Hall–Kier alpha value is -1.20. The van der Waals surface area contributed by atoms with Gasteiger partial charge in [0.05, 0.1) is 11.1 Å². The van der Waals surface area contributed by atoms with E-state index >= 15 is 0 Å². The fraction of sp³-hybridized carbons (Fsp3) is 0.571. The third-order valence-electron chi connectivity index (χ3n) is 3.21. The van der Waals surface area contributed by atoms with Gasteiger partial charge in [-0.2, -0.15) is 26.3 Å². The van der Waals surface area contributed by atoms with Crippen molar-refractivity contribution >= 4 is 0 Å². The first-order valence-electron chi connectivity index (χ1n) is 6.39. The Labute approximate surface area is 113 Å². The zero-order valence-corrected chi connectivity index (χ0v) is 11.2. The van der Waals surface area contributed by atoms with Crippen molar-refractivity contribution in [2.24, 2.45) is 0 Å². The van der Waals surface area contributed by atoms with Crippen LogP contribution in [-0.4, -0.2) is 0 Å². The summed E-state index contributed by atoms with van der Waals surface area (Å²) >= 11 is 0. The predicted molar refractivity (Wildman–Crippen MR) is 64.4 cm³/mol. The molecule has 6 heteroatoms. The van der Waals surface area contributed by atoms with Gasteiger partial charge in [0.2, 0.25) is 0 Å². The van der Waals surface area contributed by atoms with Gasteiger partial charge in [-0.05, 0) is 42.5 Å². The van der Waals surface area contributed by atoms with E-state index in [2.05, 4.69) is 0 Å². The van der Waals surface area contributed by atoms with Crippen LogP contribution in [0.2, 0.25) is 0 Å². The summed E-state index contributed by atoms with van der Waals surface area (Å²) in [6, 6.07) is 1.83. The molecule has 0 aliphatic heterocycles. The van der Waals surface area contributed by atoms with Crippen LogP contribution in [0.4, 0.5) is 26.3 Å². The largest absolute Gasteiger partial charge is 0.416 e. The fourth-order valence-corrected chi connectivity index (χ4v) is 2.17. The highest BCUT2D eigenvalue weighted by Crippen LogP contribution is 2.38.